The van der Waals surface area contributed by atoms with E-state index in [4.69, 9.17) is 0 Å². The molecule has 0 aromatic heterocycles. The molecule has 0 aliphatic rings. The zero-order valence-electron chi connectivity index (χ0n) is 6.28. The Kier molecular flexibility index (Phi) is 2.63. The summed E-state index contributed by atoms with van der Waals surface area (Å²) in [7, 11) is 0. The van der Waals surface area contributed by atoms with Crippen molar-refractivity contribution >= 4 is 62.6 Å². The Morgan fingerprint density at radius 1 is 0.667 bits per heavy atom. The Labute approximate surface area is 98.2 Å². The van der Waals surface area contributed by atoms with Gasteiger partial charge in [0.15, 0.2) is 0 Å². The molecule has 2 radical (unpaired) electrons. The molecule has 0 unspecified atom stereocenters. The first-order chi connectivity index (χ1) is 5.79. The number of hydrogen-bond acceptors (Lipinski definition) is 0. The van der Waals surface area contributed by atoms with Gasteiger partial charge in [-0.1, -0.05) is 0 Å². The predicted molar refractivity (Wildman–Crippen MR) is 54.7 cm³/mol. The van der Waals surface area contributed by atoms with E-state index in [0.29, 0.717) is 0 Å². The van der Waals surface area contributed by atoms with Gasteiger partial charge in [-0.3, -0.25) is 0 Å². The third-order valence-corrected chi connectivity index (χ3v) is 3.87. The summed E-state index contributed by atoms with van der Waals surface area (Å²) >= 11 is 4.16. The van der Waals surface area contributed by atoms with Gasteiger partial charge in [-0.15, -0.1) is 0 Å². The number of hydrogen-bond donors (Lipinski definition) is 0. The molecule has 0 fully saturated rings. The van der Waals surface area contributed by atoms with E-state index in [1.807, 2.05) is 0 Å². The van der Waals surface area contributed by atoms with Crippen LogP contribution in [0, 0.1) is 0 Å². The summed E-state index contributed by atoms with van der Waals surface area (Å²) in [5, 5.41) is 2.76. The Bertz CT molecular complexity index is 380. The van der Waals surface area contributed by atoms with E-state index in [-0.39, 0.29) is 0 Å². The third-order valence-electron chi connectivity index (χ3n) is 1.84. The summed E-state index contributed by atoms with van der Waals surface area (Å²) in [5.41, 5.74) is 0. The van der Waals surface area contributed by atoms with Crippen LogP contribution < -0.4 is 7.22 Å². The SMILES string of the molecule is [Te]c1cccc2c([Te])cccc12. The Morgan fingerprint density at radius 2 is 1.08 bits per heavy atom. The topological polar surface area (TPSA) is 0 Å². The first-order valence-electron chi connectivity index (χ1n) is 3.65. The van der Waals surface area contributed by atoms with Crippen molar-refractivity contribution in [1.82, 2.24) is 0 Å². The summed E-state index contributed by atoms with van der Waals surface area (Å²) in [5.74, 6) is 0. The van der Waals surface area contributed by atoms with E-state index < -0.39 is 0 Å². The van der Waals surface area contributed by atoms with Crippen LogP contribution >= 0.6 is 0 Å². The zero-order valence-corrected chi connectivity index (χ0v) is 10.9. The molecule has 2 aromatic rings. The molecule has 0 N–H and O–H groups in total. The summed E-state index contributed by atoms with van der Waals surface area (Å²) in [6, 6.07) is 12.9. The fraction of sp³-hybridized carbons (Fsp3) is 0. The van der Waals surface area contributed by atoms with Gasteiger partial charge in [0.05, 0.1) is 0 Å². The average molecular weight is 381 g/mol. The normalized spacial score (nSPS) is 10.3. The van der Waals surface area contributed by atoms with Crippen molar-refractivity contribution < 1.29 is 0 Å². The summed E-state index contributed by atoms with van der Waals surface area (Å²) in [6.45, 7) is 0. The molecule has 0 spiro atoms. The van der Waals surface area contributed by atoms with Crippen molar-refractivity contribution in [3.63, 3.8) is 0 Å². The van der Waals surface area contributed by atoms with Crippen molar-refractivity contribution in [3.8, 4) is 0 Å². The van der Waals surface area contributed by atoms with Crippen molar-refractivity contribution in [2.45, 2.75) is 0 Å². The second-order valence-corrected chi connectivity index (χ2v) is 5.12. The number of rotatable bonds is 0. The zero-order chi connectivity index (χ0) is 8.55. The second-order valence-electron chi connectivity index (χ2n) is 2.61. The van der Waals surface area contributed by atoms with Gasteiger partial charge in [-0.2, -0.15) is 0 Å². The minimum absolute atomic E-state index is 1.37. The van der Waals surface area contributed by atoms with Gasteiger partial charge < -0.3 is 0 Å². The maximum absolute atomic E-state index is 2.18. The van der Waals surface area contributed by atoms with Gasteiger partial charge in [-0.25, -0.2) is 0 Å². The average Bonchev–Trinajstić information content (AvgIpc) is 2.07. The van der Waals surface area contributed by atoms with Crippen LogP contribution in [0.2, 0.25) is 0 Å². The van der Waals surface area contributed by atoms with Gasteiger partial charge in [0.25, 0.3) is 0 Å². The van der Waals surface area contributed by atoms with E-state index in [9.17, 15) is 0 Å². The Morgan fingerprint density at radius 3 is 1.50 bits per heavy atom. The van der Waals surface area contributed by atoms with Crippen LogP contribution in [0.1, 0.15) is 0 Å². The van der Waals surface area contributed by atoms with Crippen LogP contribution in [0.3, 0.4) is 0 Å². The van der Waals surface area contributed by atoms with Gasteiger partial charge in [0.1, 0.15) is 0 Å². The van der Waals surface area contributed by atoms with Crippen LogP contribution in [0.15, 0.2) is 36.4 Å². The molecular formula is C10H6Te2. The van der Waals surface area contributed by atoms with Crippen LogP contribution in [-0.2, 0) is 0 Å². The van der Waals surface area contributed by atoms with E-state index >= 15 is 0 Å². The number of benzene rings is 2. The van der Waals surface area contributed by atoms with Crippen molar-refractivity contribution in [3.05, 3.63) is 36.4 Å². The Hall–Kier alpha value is 0.279. The molecule has 2 aromatic carbocycles. The minimum atomic E-state index is 1.37. The van der Waals surface area contributed by atoms with Crippen molar-refractivity contribution in [2.75, 3.05) is 0 Å². The molecule has 2 heteroatoms. The predicted octanol–water partition coefficient (Wildman–Crippen LogP) is 0.427. The molecule has 0 atom stereocenters. The summed E-state index contributed by atoms with van der Waals surface area (Å²) in [6.07, 6.45) is 0. The van der Waals surface area contributed by atoms with Gasteiger partial charge >= 0.3 is 99.0 Å². The first kappa shape index (κ1) is 8.86. The summed E-state index contributed by atoms with van der Waals surface area (Å²) in [4.78, 5) is 0. The monoisotopic (exact) mass is 386 g/mol. The number of fused-ring (bicyclic) bond motifs is 1. The molecule has 0 aliphatic carbocycles. The standard InChI is InChI=1S/C10H6Te2/c11-9-5-1-3-7-8(9)4-2-6-10(7)12/h1-6H. The van der Waals surface area contributed by atoms with Crippen LogP contribution in [0.5, 0.6) is 0 Å². The Balaban J connectivity index is 2.94. The first-order valence-corrected chi connectivity index (χ1v) is 5.98. The second kappa shape index (κ2) is 3.57. The van der Waals surface area contributed by atoms with E-state index in [2.05, 4.69) is 81.0 Å². The molecule has 0 heterocycles. The molecule has 0 bridgehead atoms. The molecule has 58 valence electrons. The summed E-state index contributed by atoms with van der Waals surface area (Å²) < 4.78 is 2.74. The van der Waals surface area contributed by atoms with Gasteiger partial charge in [0.2, 0.25) is 0 Å². The molecule has 12 heavy (non-hydrogen) atoms. The van der Waals surface area contributed by atoms with Crippen molar-refractivity contribution in [2.24, 2.45) is 0 Å². The van der Waals surface area contributed by atoms with Crippen molar-refractivity contribution in [1.29, 1.82) is 0 Å². The molecule has 0 nitrogen and oxygen atoms in total. The fourth-order valence-electron chi connectivity index (χ4n) is 1.25. The molecule has 0 aliphatic heterocycles. The van der Waals surface area contributed by atoms with E-state index in [0.717, 1.165) is 0 Å². The molecule has 0 amide bonds. The van der Waals surface area contributed by atoms with Crippen LogP contribution in [0.25, 0.3) is 10.8 Å². The van der Waals surface area contributed by atoms with E-state index in [1.165, 1.54) is 18.0 Å². The molecular weight excluding hydrogens is 375 g/mol. The fourth-order valence-corrected chi connectivity index (χ4v) is 2.72. The molecule has 0 saturated heterocycles. The third kappa shape index (κ3) is 1.50. The quantitative estimate of drug-likeness (QED) is 0.581. The van der Waals surface area contributed by atoms with Crippen LogP contribution in [0.4, 0.5) is 0 Å². The van der Waals surface area contributed by atoms with E-state index in [1.54, 1.807) is 0 Å². The van der Waals surface area contributed by atoms with Crippen LogP contribution in [-0.4, -0.2) is 44.6 Å². The molecule has 0 saturated carbocycles. The molecule has 2 rings (SSSR count). The van der Waals surface area contributed by atoms with Gasteiger partial charge in [0, 0.05) is 0 Å². The van der Waals surface area contributed by atoms with Gasteiger partial charge in [-0.05, 0) is 0 Å². The maximum atomic E-state index is 2.18.